The Morgan fingerprint density at radius 1 is 1.28 bits per heavy atom. The van der Waals surface area contributed by atoms with Gasteiger partial charge in [-0.1, -0.05) is 29.8 Å². The highest BCUT2D eigenvalue weighted by Crippen LogP contribution is 2.27. The molecule has 0 unspecified atom stereocenters. The molecule has 0 amide bonds. The molecule has 18 heavy (non-hydrogen) atoms. The van der Waals surface area contributed by atoms with Crippen molar-refractivity contribution in [1.29, 1.82) is 0 Å². The fraction of sp³-hybridized carbons (Fsp3) is 0.600. The first-order valence-corrected chi connectivity index (χ1v) is 7.68. The maximum atomic E-state index is 3.50. The van der Waals surface area contributed by atoms with E-state index in [0.29, 0.717) is 0 Å². The molecule has 3 heteroatoms. The molecular formula is C15H23BrN2. The van der Waals surface area contributed by atoms with Crippen LogP contribution in [0.2, 0.25) is 0 Å². The van der Waals surface area contributed by atoms with E-state index in [1.54, 1.807) is 0 Å². The molecule has 0 bridgehead atoms. The monoisotopic (exact) mass is 310 g/mol. The van der Waals surface area contributed by atoms with Gasteiger partial charge in [-0.15, -0.1) is 0 Å². The second-order valence-corrected chi connectivity index (χ2v) is 6.47. The summed E-state index contributed by atoms with van der Waals surface area (Å²) in [6.07, 6.45) is 2.79. The summed E-state index contributed by atoms with van der Waals surface area (Å²) in [6, 6.07) is 9.26. The van der Waals surface area contributed by atoms with E-state index in [2.05, 4.69) is 64.3 Å². The quantitative estimate of drug-likeness (QED) is 0.819. The van der Waals surface area contributed by atoms with Crippen molar-refractivity contribution < 1.29 is 0 Å². The zero-order valence-electron chi connectivity index (χ0n) is 11.3. The molecule has 1 aromatic carbocycles. The molecule has 0 aromatic heterocycles. The van der Waals surface area contributed by atoms with Gasteiger partial charge in [0.1, 0.15) is 0 Å². The zero-order chi connectivity index (χ0) is 13.0. The van der Waals surface area contributed by atoms with Crippen LogP contribution in [0.3, 0.4) is 0 Å². The molecule has 0 aliphatic heterocycles. The van der Waals surface area contributed by atoms with Crippen LogP contribution in [-0.2, 0) is 0 Å². The topological polar surface area (TPSA) is 15.3 Å². The first kappa shape index (κ1) is 13.9. The third kappa shape index (κ3) is 4.62. The van der Waals surface area contributed by atoms with Gasteiger partial charge in [0, 0.05) is 35.8 Å². The highest BCUT2D eigenvalue weighted by atomic mass is 79.9. The van der Waals surface area contributed by atoms with Gasteiger partial charge in [-0.05, 0) is 43.0 Å². The second kappa shape index (κ2) is 6.58. The molecule has 1 aliphatic rings. The Kier molecular flexibility index (Phi) is 5.07. The van der Waals surface area contributed by atoms with Crippen LogP contribution in [-0.4, -0.2) is 30.6 Å². The number of benzene rings is 1. The molecule has 1 aliphatic carbocycles. The normalized spacial score (nSPS) is 15.4. The van der Waals surface area contributed by atoms with Crippen molar-refractivity contribution in [1.82, 2.24) is 4.90 Å². The number of anilines is 1. The molecule has 0 radical (unpaired) electrons. The third-order valence-corrected chi connectivity index (χ3v) is 3.76. The van der Waals surface area contributed by atoms with E-state index in [1.165, 1.54) is 25.1 Å². The van der Waals surface area contributed by atoms with E-state index in [-0.39, 0.29) is 0 Å². The summed E-state index contributed by atoms with van der Waals surface area (Å²) < 4.78 is 1.13. The van der Waals surface area contributed by atoms with Gasteiger partial charge >= 0.3 is 0 Å². The maximum absolute atomic E-state index is 3.50. The van der Waals surface area contributed by atoms with E-state index in [9.17, 15) is 0 Å². The minimum absolute atomic E-state index is 0.762. The van der Waals surface area contributed by atoms with Crippen molar-refractivity contribution >= 4 is 21.6 Å². The van der Waals surface area contributed by atoms with Crippen molar-refractivity contribution in [3.8, 4) is 0 Å². The lowest BCUT2D eigenvalue weighted by Gasteiger charge is -2.24. The van der Waals surface area contributed by atoms with Gasteiger partial charge in [-0.2, -0.15) is 0 Å². The molecule has 2 nitrogen and oxygen atoms in total. The van der Waals surface area contributed by atoms with Gasteiger partial charge in [0.15, 0.2) is 0 Å². The molecule has 0 saturated heterocycles. The van der Waals surface area contributed by atoms with E-state index in [4.69, 9.17) is 0 Å². The van der Waals surface area contributed by atoms with Crippen LogP contribution >= 0.6 is 15.9 Å². The van der Waals surface area contributed by atoms with E-state index < -0.39 is 0 Å². The largest absolute Gasteiger partial charge is 0.384 e. The molecule has 1 N–H and O–H groups in total. The van der Waals surface area contributed by atoms with E-state index in [1.807, 2.05) is 0 Å². The summed E-state index contributed by atoms with van der Waals surface area (Å²) in [5.74, 6) is 0.762. The van der Waals surface area contributed by atoms with Gasteiger partial charge in [-0.25, -0.2) is 0 Å². The fourth-order valence-electron chi connectivity index (χ4n) is 2.24. The Morgan fingerprint density at radius 3 is 2.50 bits per heavy atom. The molecular weight excluding hydrogens is 288 g/mol. The van der Waals surface area contributed by atoms with Gasteiger partial charge in [-0.3, -0.25) is 4.90 Å². The van der Waals surface area contributed by atoms with E-state index in [0.717, 1.165) is 29.5 Å². The van der Waals surface area contributed by atoms with Gasteiger partial charge < -0.3 is 5.32 Å². The van der Waals surface area contributed by atoms with Gasteiger partial charge in [0.25, 0.3) is 0 Å². The number of nitrogens with one attached hydrogen (secondary N) is 1. The lowest BCUT2D eigenvalue weighted by atomic mass is 10.2. The Balaban J connectivity index is 1.74. The van der Waals surface area contributed by atoms with Crippen LogP contribution in [0.1, 0.15) is 26.7 Å². The molecule has 0 spiro atoms. The SMILES string of the molecule is CC(C)CN(CCNc1ccc(Br)cc1)C1CC1. The number of nitrogens with zero attached hydrogens (tertiary/aromatic N) is 1. The summed E-state index contributed by atoms with van der Waals surface area (Å²) in [4.78, 5) is 2.64. The van der Waals surface area contributed by atoms with Crippen molar-refractivity contribution in [2.45, 2.75) is 32.7 Å². The summed E-state index contributed by atoms with van der Waals surface area (Å²) in [5.41, 5.74) is 1.21. The molecule has 1 aromatic rings. The molecule has 1 saturated carbocycles. The van der Waals surface area contributed by atoms with Crippen molar-refractivity contribution in [2.75, 3.05) is 25.0 Å². The van der Waals surface area contributed by atoms with Crippen molar-refractivity contribution in [3.05, 3.63) is 28.7 Å². The number of halogens is 1. The Morgan fingerprint density at radius 2 is 1.94 bits per heavy atom. The summed E-state index contributed by atoms with van der Waals surface area (Å²) >= 11 is 3.46. The van der Waals surface area contributed by atoms with Crippen LogP contribution in [0.4, 0.5) is 5.69 Å². The van der Waals surface area contributed by atoms with Crippen LogP contribution in [0.25, 0.3) is 0 Å². The third-order valence-electron chi connectivity index (χ3n) is 3.24. The summed E-state index contributed by atoms with van der Waals surface area (Å²) in [5, 5.41) is 3.50. The molecule has 0 heterocycles. The lowest BCUT2D eigenvalue weighted by molar-refractivity contribution is 0.243. The van der Waals surface area contributed by atoms with Gasteiger partial charge in [0.2, 0.25) is 0 Å². The zero-order valence-corrected chi connectivity index (χ0v) is 12.9. The minimum Gasteiger partial charge on any atom is -0.384 e. The average Bonchev–Trinajstić information content (AvgIpc) is 3.14. The summed E-state index contributed by atoms with van der Waals surface area (Å²) in [6.45, 7) is 8.02. The summed E-state index contributed by atoms with van der Waals surface area (Å²) in [7, 11) is 0. The lowest BCUT2D eigenvalue weighted by Crippen LogP contribution is -2.34. The molecule has 2 rings (SSSR count). The Bertz CT molecular complexity index is 357. The number of hydrogen-bond acceptors (Lipinski definition) is 2. The predicted molar refractivity (Wildman–Crippen MR) is 82.1 cm³/mol. The van der Waals surface area contributed by atoms with Crippen LogP contribution < -0.4 is 5.32 Å². The standard InChI is InChI=1S/C15H23BrN2/c1-12(2)11-18(15-7-8-15)10-9-17-14-5-3-13(16)4-6-14/h3-6,12,15,17H,7-11H2,1-2H3. The predicted octanol–water partition coefficient (Wildman–Crippen LogP) is 3.98. The highest BCUT2D eigenvalue weighted by molar-refractivity contribution is 9.10. The number of hydrogen-bond donors (Lipinski definition) is 1. The first-order chi connectivity index (χ1) is 8.65. The Hall–Kier alpha value is -0.540. The smallest absolute Gasteiger partial charge is 0.0341 e. The molecule has 0 atom stereocenters. The van der Waals surface area contributed by atoms with Crippen molar-refractivity contribution in [3.63, 3.8) is 0 Å². The fourth-order valence-corrected chi connectivity index (χ4v) is 2.51. The number of rotatable bonds is 7. The molecule has 100 valence electrons. The minimum atomic E-state index is 0.762. The van der Waals surface area contributed by atoms with Crippen LogP contribution in [0.15, 0.2) is 28.7 Å². The molecule has 1 fully saturated rings. The highest BCUT2D eigenvalue weighted by Gasteiger charge is 2.28. The average molecular weight is 311 g/mol. The van der Waals surface area contributed by atoms with Crippen molar-refractivity contribution in [2.24, 2.45) is 5.92 Å². The second-order valence-electron chi connectivity index (χ2n) is 5.55. The Labute approximate surface area is 119 Å². The first-order valence-electron chi connectivity index (χ1n) is 6.88. The maximum Gasteiger partial charge on any atom is 0.0341 e. The van der Waals surface area contributed by atoms with Crippen LogP contribution in [0.5, 0.6) is 0 Å². The van der Waals surface area contributed by atoms with E-state index >= 15 is 0 Å². The van der Waals surface area contributed by atoms with Crippen LogP contribution in [0, 0.1) is 5.92 Å². The van der Waals surface area contributed by atoms with Gasteiger partial charge in [0.05, 0.1) is 0 Å².